The van der Waals surface area contributed by atoms with Crippen LogP contribution in [0.2, 0.25) is 0 Å². The van der Waals surface area contributed by atoms with Crippen LogP contribution >= 0.6 is 0 Å². The Balaban J connectivity index is 2.35. The third-order valence-electron chi connectivity index (χ3n) is 2.43. The van der Waals surface area contributed by atoms with Gasteiger partial charge >= 0.3 is 0 Å². The van der Waals surface area contributed by atoms with Crippen molar-refractivity contribution in [3.05, 3.63) is 30.7 Å². The molecular weight excluding hydrogens is 230 g/mol. The van der Waals surface area contributed by atoms with E-state index < -0.39 is 0 Å². The van der Waals surface area contributed by atoms with E-state index >= 15 is 0 Å². The van der Waals surface area contributed by atoms with Gasteiger partial charge < -0.3 is 19.8 Å². The number of ether oxygens (including phenoxy) is 2. The molecule has 0 fully saturated rings. The van der Waals surface area contributed by atoms with E-state index in [1.54, 1.807) is 12.5 Å². The van der Waals surface area contributed by atoms with Crippen molar-refractivity contribution >= 4 is 5.82 Å². The van der Waals surface area contributed by atoms with Crippen molar-refractivity contribution in [2.45, 2.75) is 13.8 Å². The van der Waals surface area contributed by atoms with Crippen LogP contribution in [0.25, 0.3) is 5.69 Å². The predicted molar refractivity (Wildman–Crippen MR) is 70.3 cm³/mol. The Morgan fingerprint density at radius 2 is 1.89 bits per heavy atom. The van der Waals surface area contributed by atoms with E-state index in [0.29, 0.717) is 19.0 Å². The first-order valence-corrected chi connectivity index (χ1v) is 5.94. The van der Waals surface area contributed by atoms with E-state index in [2.05, 4.69) is 4.98 Å². The summed E-state index contributed by atoms with van der Waals surface area (Å²) in [6.07, 6.45) is 3.42. The lowest BCUT2D eigenvalue weighted by Gasteiger charge is -2.12. The number of hydrogen-bond acceptors (Lipinski definition) is 4. The van der Waals surface area contributed by atoms with Crippen LogP contribution in [-0.4, -0.2) is 22.8 Å². The summed E-state index contributed by atoms with van der Waals surface area (Å²) in [5.41, 5.74) is 6.54. The molecule has 0 spiro atoms. The van der Waals surface area contributed by atoms with Crippen molar-refractivity contribution in [3.63, 3.8) is 0 Å². The molecule has 18 heavy (non-hydrogen) atoms. The Hall–Kier alpha value is -2.17. The van der Waals surface area contributed by atoms with Gasteiger partial charge in [-0.1, -0.05) is 0 Å². The van der Waals surface area contributed by atoms with E-state index in [1.807, 2.05) is 36.6 Å². The number of rotatable bonds is 5. The third-order valence-corrected chi connectivity index (χ3v) is 2.43. The molecule has 0 bridgehead atoms. The number of anilines is 1. The molecule has 2 aromatic rings. The largest absolute Gasteiger partial charge is 0.490 e. The summed E-state index contributed by atoms with van der Waals surface area (Å²) in [6, 6.07) is 5.74. The van der Waals surface area contributed by atoms with Gasteiger partial charge in [0.2, 0.25) is 0 Å². The Morgan fingerprint density at radius 1 is 1.17 bits per heavy atom. The molecular formula is C13H17N3O2. The van der Waals surface area contributed by atoms with Crippen LogP contribution in [0.3, 0.4) is 0 Å². The maximum absolute atomic E-state index is 5.60. The Kier molecular flexibility index (Phi) is 3.72. The molecule has 1 aromatic carbocycles. The summed E-state index contributed by atoms with van der Waals surface area (Å²) in [4.78, 5) is 4.00. The van der Waals surface area contributed by atoms with E-state index in [9.17, 15) is 0 Å². The van der Waals surface area contributed by atoms with Crippen LogP contribution in [0.1, 0.15) is 13.8 Å². The topological polar surface area (TPSA) is 62.3 Å². The van der Waals surface area contributed by atoms with E-state index in [0.717, 1.165) is 17.2 Å². The van der Waals surface area contributed by atoms with Crippen molar-refractivity contribution in [1.29, 1.82) is 0 Å². The Labute approximate surface area is 106 Å². The molecule has 0 aliphatic heterocycles. The summed E-state index contributed by atoms with van der Waals surface area (Å²) in [5.74, 6) is 1.96. The first-order valence-electron chi connectivity index (χ1n) is 5.94. The molecule has 0 atom stereocenters. The summed E-state index contributed by atoms with van der Waals surface area (Å²) in [7, 11) is 0. The van der Waals surface area contributed by atoms with Crippen molar-refractivity contribution in [2.75, 3.05) is 18.9 Å². The van der Waals surface area contributed by atoms with Gasteiger partial charge in [0, 0.05) is 6.07 Å². The van der Waals surface area contributed by atoms with Crippen molar-refractivity contribution in [1.82, 2.24) is 9.55 Å². The van der Waals surface area contributed by atoms with Crippen molar-refractivity contribution < 1.29 is 9.47 Å². The first-order chi connectivity index (χ1) is 8.74. The van der Waals surface area contributed by atoms with Gasteiger partial charge in [-0.15, -0.1) is 0 Å². The maximum Gasteiger partial charge on any atom is 0.163 e. The molecule has 0 saturated heterocycles. The second kappa shape index (κ2) is 5.44. The second-order valence-electron chi connectivity index (χ2n) is 3.70. The van der Waals surface area contributed by atoms with Crippen LogP contribution in [0, 0.1) is 0 Å². The first kappa shape index (κ1) is 12.3. The van der Waals surface area contributed by atoms with Gasteiger partial charge in [-0.2, -0.15) is 0 Å². The highest BCUT2D eigenvalue weighted by molar-refractivity contribution is 5.49. The van der Waals surface area contributed by atoms with Crippen molar-refractivity contribution in [3.8, 4) is 17.2 Å². The lowest BCUT2D eigenvalue weighted by molar-refractivity contribution is 0.287. The molecule has 2 rings (SSSR count). The minimum atomic E-state index is 0.488. The number of hydrogen-bond donors (Lipinski definition) is 1. The molecule has 0 aliphatic carbocycles. The summed E-state index contributed by atoms with van der Waals surface area (Å²) < 4.78 is 12.9. The Bertz CT molecular complexity index is 523. The third kappa shape index (κ3) is 2.56. The highest BCUT2D eigenvalue weighted by Gasteiger charge is 2.07. The molecule has 96 valence electrons. The van der Waals surface area contributed by atoms with Gasteiger partial charge in [0.05, 0.1) is 25.1 Å². The average molecular weight is 247 g/mol. The van der Waals surface area contributed by atoms with Crippen LogP contribution in [0.15, 0.2) is 30.7 Å². The number of nitrogens with two attached hydrogens (primary N) is 1. The van der Waals surface area contributed by atoms with E-state index in [-0.39, 0.29) is 0 Å². The minimum Gasteiger partial charge on any atom is -0.490 e. The zero-order valence-corrected chi connectivity index (χ0v) is 10.6. The SMILES string of the molecule is CCOc1ccc(-n2cnc(N)c2)cc1OCC. The zero-order valence-electron chi connectivity index (χ0n) is 10.6. The van der Waals surface area contributed by atoms with Crippen LogP contribution in [0.5, 0.6) is 11.5 Å². The monoisotopic (exact) mass is 247 g/mol. The molecule has 5 heteroatoms. The fraction of sp³-hybridized carbons (Fsp3) is 0.308. The van der Waals surface area contributed by atoms with Gasteiger partial charge in [-0.3, -0.25) is 0 Å². The normalized spacial score (nSPS) is 10.3. The number of imidazole rings is 1. The molecule has 1 heterocycles. The lowest BCUT2D eigenvalue weighted by Crippen LogP contribution is -2.00. The van der Waals surface area contributed by atoms with E-state index in [4.69, 9.17) is 15.2 Å². The predicted octanol–water partition coefficient (Wildman–Crippen LogP) is 2.25. The fourth-order valence-electron chi connectivity index (χ4n) is 1.68. The summed E-state index contributed by atoms with van der Waals surface area (Å²) in [6.45, 7) is 5.09. The summed E-state index contributed by atoms with van der Waals surface area (Å²) >= 11 is 0. The highest BCUT2D eigenvalue weighted by atomic mass is 16.5. The minimum absolute atomic E-state index is 0.488. The Morgan fingerprint density at radius 3 is 2.50 bits per heavy atom. The molecule has 0 amide bonds. The molecule has 0 unspecified atom stereocenters. The van der Waals surface area contributed by atoms with Gasteiger partial charge in [-0.25, -0.2) is 4.98 Å². The van der Waals surface area contributed by atoms with Crippen LogP contribution in [0.4, 0.5) is 5.82 Å². The fourth-order valence-corrected chi connectivity index (χ4v) is 1.68. The molecule has 0 aliphatic rings. The second-order valence-corrected chi connectivity index (χ2v) is 3.70. The van der Waals surface area contributed by atoms with Gasteiger partial charge in [0.1, 0.15) is 12.1 Å². The zero-order chi connectivity index (χ0) is 13.0. The molecule has 2 N–H and O–H groups in total. The van der Waals surface area contributed by atoms with Gasteiger partial charge in [-0.05, 0) is 26.0 Å². The van der Waals surface area contributed by atoms with E-state index in [1.165, 1.54) is 0 Å². The number of nitrogens with zero attached hydrogens (tertiary/aromatic N) is 2. The molecule has 5 nitrogen and oxygen atoms in total. The van der Waals surface area contributed by atoms with Gasteiger partial charge in [0.25, 0.3) is 0 Å². The average Bonchev–Trinajstić information content (AvgIpc) is 2.79. The molecule has 0 radical (unpaired) electrons. The number of nitrogen functional groups attached to an aromatic ring is 1. The smallest absolute Gasteiger partial charge is 0.163 e. The quantitative estimate of drug-likeness (QED) is 0.880. The van der Waals surface area contributed by atoms with Crippen LogP contribution in [-0.2, 0) is 0 Å². The van der Waals surface area contributed by atoms with Crippen molar-refractivity contribution in [2.24, 2.45) is 0 Å². The highest BCUT2D eigenvalue weighted by Crippen LogP contribution is 2.30. The van der Waals surface area contributed by atoms with Gasteiger partial charge in [0.15, 0.2) is 11.5 Å². The summed E-state index contributed by atoms with van der Waals surface area (Å²) in [5, 5.41) is 0. The molecule has 0 saturated carbocycles. The number of benzene rings is 1. The molecule has 1 aromatic heterocycles. The van der Waals surface area contributed by atoms with Crippen LogP contribution < -0.4 is 15.2 Å². The standard InChI is InChI=1S/C13H17N3O2/c1-3-17-11-6-5-10(7-12(11)18-4-2)16-8-13(14)15-9-16/h5-9H,3-4,14H2,1-2H3. The lowest BCUT2D eigenvalue weighted by atomic mass is 10.2. The maximum atomic E-state index is 5.60. The number of aromatic nitrogens is 2.